The second kappa shape index (κ2) is 6.74. The molecule has 0 aliphatic carbocycles. The molecule has 23 heavy (non-hydrogen) atoms. The molecular weight excluding hydrogens is 296 g/mol. The van der Waals surface area contributed by atoms with Crippen LogP contribution in [0.1, 0.15) is 37.2 Å². The van der Waals surface area contributed by atoms with Crippen LogP contribution in [0.4, 0.5) is 5.82 Å². The Bertz CT molecular complexity index is 779. The first-order chi connectivity index (χ1) is 11.2. The van der Waals surface area contributed by atoms with Gasteiger partial charge in [-0.25, -0.2) is 4.98 Å². The van der Waals surface area contributed by atoms with Gasteiger partial charge in [-0.3, -0.25) is 0 Å². The number of nitrogens with one attached hydrogen (secondary N) is 1. The molecule has 0 unspecified atom stereocenters. The molecule has 0 saturated heterocycles. The van der Waals surface area contributed by atoms with Gasteiger partial charge in [0.25, 0.3) is 0 Å². The predicted octanol–water partition coefficient (Wildman–Crippen LogP) is 2.04. The molecule has 0 bridgehead atoms. The summed E-state index contributed by atoms with van der Waals surface area (Å²) >= 11 is 0. The monoisotopic (exact) mass is 316 g/mol. The molecule has 0 aliphatic heterocycles. The largest absolute Gasteiger partial charge is 0.377 e. The number of fused-ring (bicyclic) bond motifs is 1. The molecule has 3 heterocycles. The highest BCUT2D eigenvalue weighted by Crippen LogP contribution is 2.18. The van der Waals surface area contributed by atoms with Gasteiger partial charge in [-0.15, -0.1) is 0 Å². The average Bonchev–Trinajstić information content (AvgIpc) is 3.16. The molecule has 0 aliphatic rings. The van der Waals surface area contributed by atoms with Crippen molar-refractivity contribution in [2.75, 3.05) is 19.0 Å². The van der Waals surface area contributed by atoms with E-state index in [4.69, 9.17) is 9.26 Å². The highest BCUT2D eigenvalue weighted by molar-refractivity contribution is 5.49. The summed E-state index contributed by atoms with van der Waals surface area (Å²) < 4.78 is 11.9. The number of ether oxygens (including phenoxy) is 1. The molecule has 3 rings (SSSR count). The van der Waals surface area contributed by atoms with Crippen molar-refractivity contribution in [2.24, 2.45) is 0 Å². The summed E-state index contributed by atoms with van der Waals surface area (Å²) in [6.07, 6.45) is 2.37. The number of methoxy groups -OCH3 is 1. The van der Waals surface area contributed by atoms with Gasteiger partial charge in [-0.05, 0) is 5.92 Å². The van der Waals surface area contributed by atoms with E-state index >= 15 is 0 Å². The van der Waals surface area contributed by atoms with Crippen LogP contribution in [0, 0.1) is 0 Å². The normalized spacial score (nSPS) is 11.5. The van der Waals surface area contributed by atoms with Crippen molar-refractivity contribution < 1.29 is 9.26 Å². The van der Waals surface area contributed by atoms with Gasteiger partial charge >= 0.3 is 0 Å². The molecule has 3 aromatic heterocycles. The molecule has 0 amide bonds. The van der Waals surface area contributed by atoms with E-state index in [0.717, 1.165) is 17.2 Å². The molecule has 0 fully saturated rings. The van der Waals surface area contributed by atoms with E-state index in [2.05, 4.69) is 39.4 Å². The lowest BCUT2D eigenvalue weighted by molar-refractivity contribution is 0.174. The van der Waals surface area contributed by atoms with Gasteiger partial charge in [0.15, 0.2) is 11.5 Å². The van der Waals surface area contributed by atoms with Crippen LogP contribution in [0.15, 0.2) is 22.9 Å². The maximum Gasteiger partial charge on any atom is 0.228 e. The number of hydrogen-bond acceptors (Lipinski definition) is 7. The fourth-order valence-corrected chi connectivity index (χ4v) is 2.23. The summed E-state index contributed by atoms with van der Waals surface area (Å²) in [5.74, 6) is 2.39. The molecule has 0 saturated carbocycles. The molecule has 0 spiro atoms. The lowest BCUT2D eigenvalue weighted by Crippen LogP contribution is -2.11. The molecule has 8 heteroatoms. The zero-order chi connectivity index (χ0) is 16.2. The number of rotatable bonds is 7. The van der Waals surface area contributed by atoms with Gasteiger partial charge in [0.1, 0.15) is 12.4 Å². The van der Waals surface area contributed by atoms with E-state index in [1.54, 1.807) is 17.8 Å². The Morgan fingerprint density at radius 2 is 2.22 bits per heavy atom. The second-order valence-corrected chi connectivity index (χ2v) is 5.54. The van der Waals surface area contributed by atoms with Crippen LogP contribution in [-0.4, -0.2) is 38.4 Å². The average molecular weight is 316 g/mol. The standard InChI is InChI=1S/C15H20N6O2/c1-10(2)11-8-14(21-13(18-11)4-7-17-21)16-6-5-15-19-12(9-22-3)20-23-15/h4,7-8,10,16H,5-6,9H2,1-3H3. The van der Waals surface area contributed by atoms with Crippen LogP contribution >= 0.6 is 0 Å². The fraction of sp³-hybridized carbons (Fsp3) is 0.467. The fourth-order valence-electron chi connectivity index (χ4n) is 2.23. The Kier molecular flexibility index (Phi) is 4.52. The van der Waals surface area contributed by atoms with E-state index in [0.29, 0.717) is 37.2 Å². The zero-order valence-corrected chi connectivity index (χ0v) is 13.5. The summed E-state index contributed by atoms with van der Waals surface area (Å²) in [6, 6.07) is 3.92. The smallest absolute Gasteiger partial charge is 0.228 e. The highest BCUT2D eigenvalue weighted by atomic mass is 16.5. The Morgan fingerprint density at radius 1 is 1.35 bits per heavy atom. The van der Waals surface area contributed by atoms with Crippen molar-refractivity contribution in [3.8, 4) is 0 Å². The van der Waals surface area contributed by atoms with Crippen LogP contribution in [0.3, 0.4) is 0 Å². The van der Waals surface area contributed by atoms with E-state index < -0.39 is 0 Å². The minimum Gasteiger partial charge on any atom is -0.377 e. The van der Waals surface area contributed by atoms with Crippen LogP contribution in [0.5, 0.6) is 0 Å². The molecule has 8 nitrogen and oxygen atoms in total. The SMILES string of the molecule is COCc1noc(CCNc2cc(C(C)C)nc3ccnn23)n1. The van der Waals surface area contributed by atoms with E-state index in [1.807, 2.05) is 12.1 Å². The second-order valence-electron chi connectivity index (χ2n) is 5.54. The zero-order valence-electron chi connectivity index (χ0n) is 13.5. The van der Waals surface area contributed by atoms with Crippen LogP contribution in [0.2, 0.25) is 0 Å². The van der Waals surface area contributed by atoms with Gasteiger partial charge in [0, 0.05) is 37.9 Å². The van der Waals surface area contributed by atoms with Crippen molar-refractivity contribution in [2.45, 2.75) is 32.8 Å². The quantitative estimate of drug-likeness (QED) is 0.713. The first-order valence-corrected chi connectivity index (χ1v) is 7.56. The summed E-state index contributed by atoms with van der Waals surface area (Å²) in [5.41, 5.74) is 1.86. The number of aromatic nitrogens is 5. The van der Waals surface area contributed by atoms with Crippen molar-refractivity contribution in [3.05, 3.63) is 35.7 Å². The first-order valence-electron chi connectivity index (χ1n) is 7.56. The van der Waals surface area contributed by atoms with E-state index in [1.165, 1.54) is 0 Å². The van der Waals surface area contributed by atoms with Crippen molar-refractivity contribution in [1.29, 1.82) is 0 Å². The third kappa shape index (κ3) is 3.48. The minimum atomic E-state index is 0.350. The van der Waals surface area contributed by atoms with Gasteiger partial charge in [0.2, 0.25) is 5.89 Å². The van der Waals surface area contributed by atoms with Gasteiger partial charge < -0.3 is 14.6 Å². The third-order valence-electron chi connectivity index (χ3n) is 3.40. The van der Waals surface area contributed by atoms with Crippen molar-refractivity contribution >= 4 is 11.5 Å². The topological polar surface area (TPSA) is 90.4 Å². The summed E-state index contributed by atoms with van der Waals surface area (Å²) in [5, 5.41) is 11.5. The van der Waals surface area contributed by atoms with Crippen molar-refractivity contribution in [3.63, 3.8) is 0 Å². The molecular formula is C15H20N6O2. The summed E-state index contributed by atoms with van der Waals surface area (Å²) in [7, 11) is 1.60. The number of anilines is 1. The molecule has 1 N–H and O–H groups in total. The van der Waals surface area contributed by atoms with E-state index in [9.17, 15) is 0 Å². The Morgan fingerprint density at radius 3 is 3.00 bits per heavy atom. The number of nitrogens with zero attached hydrogens (tertiary/aromatic N) is 5. The lowest BCUT2D eigenvalue weighted by Gasteiger charge is -2.11. The first kappa shape index (κ1) is 15.4. The summed E-state index contributed by atoms with van der Waals surface area (Å²) in [6.45, 7) is 5.25. The maximum absolute atomic E-state index is 5.17. The third-order valence-corrected chi connectivity index (χ3v) is 3.40. The van der Waals surface area contributed by atoms with Gasteiger partial charge in [-0.1, -0.05) is 19.0 Å². The molecule has 3 aromatic rings. The molecule has 0 aromatic carbocycles. The van der Waals surface area contributed by atoms with Gasteiger partial charge in [-0.2, -0.15) is 14.6 Å². The summed E-state index contributed by atoms with van der Waals surface area (Å²) in [4.78, 5) is 8.84. The Hall–Kier alpha value is -2.48. The minimum absolute atomic E-state index is 0.350. The number of hydrogen-bond donors (Lipinski definition) is 1. The van der Waals surface area contributed by atoms with Gasteiger partial charge in [0.05, 0.1) is 6.20 Å². The Balaban J connectivity index is 1.69. The van der Waals surface area contributed by atoms with Crippen LogP contribution in [0.25, 0.3) is 5.65 Å². The van der Waals surface area contributed by atoms with Crippen molar-refractivity contribution in [1.82, 2.24) is 24.7 Å². The molecule has 0 radical (unpaired) electrons. The Labute approximate surface area is 133 Å². The molecule has 122 valence electrons. The maximum atomic E-state index is 5.17. The molecule has 0 atom stereocenters. The van der Waals surface area contributed by atoms with Crippen LogP contribution in [-0.2, 0) is 17.8 Å². The predicted molar refractivity (Wildman–Crippen MR) is 84.3 cm³/mol. The lowest BCUT2D eigenvalue weighted by atomic mass is 10.1. The van der Waals surface area contributed by atoms with Crippen LogP contribution < -0.4 is 5.32 Å². The highest BCUT2D eigenvalue weighted by Gasteiger charge is 2.10. The van der Waals surface area contributed by atoms with E-state index in [-0.39, 0.29) is 0 Å².